The Balaban J connectivity index is 1.22. The Morgan fingerprint density at radius 3 is 1.78 bits per heavy atom. The van der Waals surface area contributed by atoms with E-state index in [2.05, 4.69) is 144 Å². The lowest BCUT2D eigenvalue weighted by Gasteiger charge is -2.23. The summed E-state index contributed by atoms with van der Waals surface area (Å²) >= 11 is 0. The normalized spacial score (nSPS) is 14.0. The number of hydrogen-bond donors (Lipinski definition) is 1. The highest BCUT2D eigenvalue weighted by Crippen LogP contribution is 2.51. The fraction of sp³-hybridized carbons (Fsp3) is 0.227. The number of benzene rings is 7. The molecule has 0 bridgehead atoms. The zero-order valence-electron chi connectivity index (χ0n) is 27.0. The minimum Gasteiger partial charge on any atom is -0.396 e. The van der Waals surface area contributed by atoms with Crippen LogP contribution in [0.25, 0.3) is 65.7 Å². The first kappa shape index (κ1) is 28.0. The Bertz CT molecular complexity index is 2220. The van der Waals surface area contributed by atoms with Crippen molar-refractivity contribution in [2.75, 3.05) is 6.61 Å². The molecule has 0 unspecified atom stereocenters. The summed E-state index contributed by atoms with van der Waals surface area (Å²) in [5.41, 5.74) is 13.2. The molecule has 1 aliphatic rings. The topological polar surface area (TPSA) is 20.2 Å². The van der Waals surface area contributed by atoms with E-state index in [1.54, 1.807) is 0 Å². The highest BCUT2D eigenvalue weighted by molar-refractivity contribution is 6.25. The van der Waals surface area contributed by atoms with Gasteiger partial charge in [0.15, 0.2) is 0 Å². The van der Waals surface area contributed by atoms with Gasteiger partial charge in [-0.05, 0) is 118 Å². The number of fused-ring (bicyclic) bond motifs is 3. The van der Waals surface area contributed by atoms with Gasteiger partial charge in [0.1, 0.15) is 0 Å². The fourth-order valence-electron chi connectivity index (χ4n) is 7.74. The molecule has 8 rings (SSSR count). The van der Waals surface area contributed by atoms with Gasteiger partial charge in [0, 0.05) is 12.0 Å². The molecule has 1 heteroatoms. The van der Waals surface area contributed by atoms with E-state index in [-0.39, 0.29) is 17.4 Å². The molecular weight excluding hydrogens is 544 g/mol. The predicted octanol–water partition coefficient (Wildman–Crippen LogP) is 11.4. The molecule has 0 saturated heterocycles. The first-order valence-corrected chi connectivity index (χ1v) is 16.4. The molecule has 7 aromatic carbocycles. The van der Waals surface area contributed by atoms with E-state index in [0.29, 0.717) is 0 Å². The maximum absolute atomic E-state index is 9.19. The zero-order valence-corrected chi connectivity index (χ0v) is 27.0. The average molecular weight is 585 g/mol. The average Bonchev–Trinajstić information content (AvgIpc) is 3.27. The van der Waals surface area contributed by atoms with E-state index in [1.165, 1.54) is 88.0 Å². The van der Waals surface area contributed by atoms with Gasteiger partial charge in [-0.3, -0.25) is 0 Å². The van der Waals surface area contributed by atoms with Crippen molar-refractivity contribution >= 4 is 32.3 Å². The molecule has 0 saturated carbocycles. The van der Waals surface area contributed by atoms with Crippen molar-refractivity contribution in [1.29, 1.82) is 0 Å². The quantitative estimate of drug-likeness (QED) is 0.200. The second-order valence-corrected chi connectivity index (χ2v) is 14.6. The zero-order chi connectivity index (χ0) is 31.1. The third-order valence-corrected chi connectivity index (χ3v) is 10.4. The second-order valence-electron chi connectivity index (χ2n) is 14.6. The van der Waals surface area contributed by atoms with Crippen LogP contribution >= 0.6 is 0 Å². The smallest absolute Gasteiger partial charge is 0.0434 e. The summed E-state index contributed by atoms with van der Waals surface area (Å²) in [5, 5.41) is 17.2. The Morgan fingerprint density at radius 2 is 1.11 bits per heavy atom. The lowest BCUT2D eigenvalue weighted by Crippen LogP contribution is -2.15. The highest BCUT2D eigenvalue weighted by atomic mass is 16.2. The van der Waals surface area contributed by atoms with Gasteiger partial charge in [-0.2, -0.15) is 0 Å². The Labute approximate surface area is 266 Å². The van der Waals surface area contributed by atoms with Crippen LogP contribution in [-0.4, -0.2) is 11.7 Å². The van der Waals surface area contributed by atoms with Crippen LogP contribution < -0.4 is 0 Å². The maximum Gasteiger partial charge on any atom is 0.0434 e. The van der Waals surface area contributed by atoms with Crippen molar-refractivity contribution in [1.82, 2.24) is 0 Å². The van der Waals surface area contributed by atoms with E-state index in [1.807, 2.05) is 0 Å². The standard InChI is InChI=1S/C44H40O/c1-43(2,3)34-23-32-13-12-29-14-18-35(38-21-17-33(24-34)41(32)42(29)38)31-16-20-37-36-19-15-30(25-39(36)44(4,5)40(37)26-31)28-10-8-27(9-11-28)7-6-22-45/h8-21,23-26,45H,6-7,22H2,1-5H3. The number of aliphatic hydroxyl groups excluding tert-OH is 1. The van der Waals surface area contributed by atoms with Gasteiger partial charge in [-0.15, -0.1) is 0 Å². The van der Waals surface area contributed by atoms with Crippen molar-refractivity contribution in [3.63, 3.8) is 0 Å². The molecule has 1 N–H and O–H groups in total. The predicted molar refractivity (Wildman–Crippen MR) is 193 cm³/mol. The van der Waals surface area contributed by atoms with Crippen molar-refractivity contribution in [3.05, 3.63) is 131 Å². The van der Waals surface area contributed by atoms with Crippen LogP contribution in [0.15, 0.2) is 109 Å². The maximum atomic E-state index is 9.19. The monoisotopic (exact) mass is 584 g/mol. The lowest BCUT2D eigenvalue weighted by molar-refractivity contribution is 0.288. The van der Waals surface area contributed by atoms with Crippen LogP contribution in [-0.2, 0) is 17.3 Å². The lowest BCUT2D eigenvalue weighted by atomic mass is 9.80. The van der Waals surface area contributed by atoms with Gasteiger partial charge in [0.2, 0.25) is 0 Å². The summed E-state index contributed by atoms with van der Waals surface area (Å²) in [6.07, 6.45) is 1.72. The first-order chi connectivity index (χ1) is 21.6. The summed E-state index contributed by atoms with van der Waals surface area (Å²) in [6.45, 7) is 11.9. The molecule has 7 aromatic rings. The van der Waals surface area contributed by atoms with Crippen molar-refractivity contribution < 1.29 is 5.11 Å². The van der Waals surface area contributed by atoms with Gasteiger partial charge < -0.3 is 5.11 Å². The molecule has 0 heterocycles. The number of aryl methyl sites for hydroxylation is 1. The van der Waals surface area contributed by atoms with Crippen LogP contribution in [0.2, 0.25) is 0 Å². The highest BCUT2D eigenvalue weighted by Gasteiger charge is 2.36. The van der Waals surface area contributed by atoms with E-state index >= 15 is 0 Å². The van der Waals surface area contributed by atoms with Gasteiger partial charge >= 0.3 is 0 Å². The van der Waals surface area contributed by atoms with Crippen molar-refractivity contribution in [2.24, 2.45) is 0 Å². The largest absolute Gasteiger partial charge is 0.396 e. The number of rotatable bonds is 5. The molecule has 0 amide bonds. The molecule has 222 valence electrons. The van der Waals surface area contributed by atoms with E-state index < -0.39 is 0 Å². The Kier molecular flexibility index (Phi) is 6.25. The van der Waals surface area contributed by atoms with Crippen LogP contribution in [0.4, 0.5) is 0 Å². The SMILES string of the molecule is CC(C)(C)c1cc2ccc3ccc(-c4ccc5c(c4)C(C)(C)c4cc(-c6ccc(CCCO)cc6)ccc4-5)c4ccc(c1)c2c34. The summed E-state index contributed by atoms with van der Waals surface area (Å²) in [7, 11) is 0. The number of hydrogen-bond acceptors (Lipinski definition) is 1. The Hall–Kier alpha value is -4.46. The van der Waals surface area contributed by atoms with Gasteiger partial charge in [0.25, 0.3) is 0 Å². The van der Waals surface area contributed by atoms with Gasteiger partial charge in [0.05, 0.1) is 0 Å². The summed E-state index contributed by atoms with van der Waals surface area (Å²) < 4.78 is 0. The van der Waals surface area contributed by atoms with Crippen molar-refractivity contribution in [3.8, 4) is 33.4 Å². The molecule has 0 spiro atoms. The number of aliphatic hydroxyl groups is 1. The van der Waals surface area contributed by atoms with Crippen LogP contribution in [0.3, 0.4) is 0 Å². The van der Waals surface area contributed by atoms with Crippen LogP contribution in [0.1, 0.15) is 63.3 Å². The van der Waals surface area contributed by atoms with Crippen molar-refractivity contribution in [2.45, 2.75) is 58.3 Å². The molecule has 45 heavy (non-hydrogen) atoms. The minimum atomic E-state index is -0.106. The molecule has 0 atom stereocenters. The fourth-order valence-corrected chi connectivity index (χ4v) is 7.74. The van der Waals surface area contributed by atoms with E-state index in [4.69, 9.17) is 0 Å². The molecule has 1 nitrogen and oxygen atoms in total. The molecule has 1 aliphatic carbocycles. The van der Waals surface area contributed by atoms with Gasteiger partial charge in [-0.25, -0.2) is 0 Å². The van der Waals surface area contributed by atoms with Crippen LogP contribution in [0.5, 0.6) is 0 Å². The van der Waals surface area contributed by atoms with E-state index in [9.17, 15) is 5.11 Å². The summed E-state index contributed by atoms with van der Waals surface area (Å²) in [5.74, 6) is 0. The molecule has 0 fully saturated rings. The molecule has 0 radical (unpaired) electrons. The van der Waals surface area contributed by atoms with Gasteiger partial charge in [-0.1, -0.05) is 132 Å². The first-order valence-electron chi connectivity index (χ1n) is 16.4. The summed E-state index contributed by atoms with van der Waals surface area (Å²) in [4.78, 5) is 0. The van der Waals surface area contributed by atoms with Crippen LogP contribution in [0, 0.1) is 0 Å². The van der Waals surface area contributed by atoms with E-state index in [0.717, 1.165) is 12.8 Å². The molecule has 0 aromatic heterocycles. The molecule has 0 aliphatic heterocycles. The molecular formula is C44H40O. The third-order valence-electron chi connectivity index (χ3n) is 10.4. The minimum absolute atomic E-state index is 0.106. The summed E-state index contributed by atoms with van der Waals surface area (Å²) in [6, 6.07) is 41.6. The second kappa shape index (κ2) is 10.0. The Morgan fingerprint density at radius 1 is 0.556 bits per heavy atom. The third kappa shape index (κ3) is 4.40.